The molecule has 154 valence electrons. The number of alkyl halides is 3. The van der Waals surface area contributed by atoms with Crippen LogP contribution in [0.25, 0.3) is 0 Å². The Morgan fingerprint density at radius 1 is 1.10 bits per heavy atom. The van der Waals surface area contributed by atoms with Gasteiger partial charge in [-0.3, -0.25) is 19.7 Å². The summed E-state index contributed by atoms with van der Waals surface area (Å²) in [7, 11) is 0. The van der Waals surface area contributed by atoms with Crippen molar-refractivity contribution in [2.45, 2.75) is 19.6 Å². The average Bonchev–Trinajstić information content (AvgIpc) is 2.68. The molecular weight excluding hydrogens is 389 g/mol. The molecule has 10 heteroatoms. The molecule has 1 aliphatic heterocycles. The van der Waals surface area contributed by atoms with Crippen molar-refractivity contribution in [2.24, 2.45) is 0 Å². The Labute approximate surface area is 165 Å². The zero-order chi connectivity index (χ0) is 21.0. The van der Waals surface area contributed by atoms with Gasteiger partial charge >= 0.3 is 12.3 Å². The van der Waals surface area contributed by atoms with Crippen molar-refractivity contribution in [3.63, 3.8) is 0 Å². The maximum atomic E-state index is 13.1. The normalized spacial score (nSPS) is 15.2. The SMILES string of the molecule is CC(=O)c1cncc(OC(=O)N2CCN(Cc3cnccc3C(F)(F)F)CC2)c1. The van der Waals surface area contributed by atoms with E-state index in [1.54, 1.807) is 0 Å². The smallest absolute Gasteiger partial charge is 0.409 e. The zero-order valence-corrected chi connectivity index (χ0v) is 15.6. The monoisotopic (exact) mass is 408 g/mol. The molecule has 0 N–H and O–H groups in total. The standard InChI is InChI=1S/C19H19F3N4O3/c1-13(27)14-8-16(11-24-9-14)29-18(28)26-6-4-25(5-7-26)12-15-10-23-3-2-17(15)19(20,21)22/h2-3,8-11H,4-7,12H2,1H3. The van der Waals surface area contributed by atoms with E-state index in [9.17, 15) is 22.8 Å². The van der Waals surface area contributed by atoms with Gasteiger partial charge in [0.15, 0.2) is 11.5 Å². The Morgan fingerprint density at radius 3 is 2.48 bits per heavy atom. The Kier molecular flexibility index (Phi) is 6.12. The third-order valence-electron chi connectivity index (χ3n) is 4.56. The highest BCUT2D eigenvalue weighted by Crippen LogP contribution is 2.32. The molecule has 1 aliphatic rings. The van der Waals surface area contributed by atoms with Gasteiger partial charge in [-0.2, -0.15) is 13.2 Å². The van der Waals surface area contributed by atoms with Crippen LogP contribution in [0.1, 0.15) is 28.4 Å². The molecule has 29 heavy (non-hydrogen) atoms. The number of aromatic nitrogens is 2. The molecule has 3 heterocycles. The predicted octanol–water partition coefficient (Wildman–Crippen LogP) is 3.01. The molecule has 3 rings (SSSR count). The number of ketones is 1. The van der Waals surface area contributed by atoms with Crippen LogP contribution in [-0.4, -0.2) is 57.8 Å². The highest BCUT2D eigenvalue weighted by molar-refractivity contribution is 5.94. The number of hydrogen-bond donors (Lipinski definition) is 0. The van der Waals surface area contributed by atoms with E-state index in [0.29, 0.717) is 31.7 Å². The van der Waals surface area contributed by atoms with E-state index in [1.807, 2.05) is 4.90 Å². The Hall–Kier alpha value is -3.01. The molecule has 0 aliphatic carbocycles. The van der Waals surface area contributed by atoms with Crippen molar-refractivity contribution < 1.29 is 27.5 Å². The van der Waals surface area contributed by atoms with Crippen molar-refractivity contribution in [3.8, 4) is 5.75 Å². The summed E-state index contributed by atoms with van der Waals surface area (Å²) in [4.78, 5) is 34.7. The number of pyridine rings is 2. The van der Waals surface area contributed by atoms with Gasteiger partial charge in [0.25, 0.3) is 0 Å². The van der Waals surface area contributed by atoms with Crippen LogP contribution >= 0.6 is 0 Å². The van der Waals surface area contributed by atoms with Crippen molar-refractivity contribution in [1.29, 1.82) is 0 Å². The second-order valence-electron chi connectivity index (χ2n) is 6.63. The number of carbonyl (C=O) groups excluding carboxylic acids is 2. The fourth-order valence-corrected chi connectivity index (χ4v) is 2.99. The van der Waals surface area contributed by atoms with E-state index >= 15 is 0 Å². The first kappa shape index (κ1) is 20.7. The van der Waals surface area contributed by atoms with Crippen LogP contribution in [0.3, 0.4) is 0 Å². The number of piperazine rings is 1. The highest BCUT2D eigenvalue weighted by Gasteiger charge is 2.34. The number of ether oxygens (including phenoxy) is 1. The lowest BCUT2D eigenvalue weighted by atomic mass is 10.1. The Balaban J connectivity index is 1.56. The van der Waals surface area contributed by atoms with Gasteiger partial charge in [0.05, 0.1) is 11.8 Å². The van der Waals surface area contributed by atoms with Crippen LogP contribution in [0.5, 0.6) is 5.75 Å². The molecular formula is C19H19F3N4O3. The van der Waals surface area contributed by atoms with Gasteiger partial charge in [-0.1, -0.05) is 0 Å². The fourth-order valence-electron chi connectivity index (χ4n) is 2.99. The minimum absolute atomic E-state index is 0.0934. The van der Waals surface area contributed by atoms with Crippen molar-refractivity contribution >= 4 is 11.9 Å². The van der Waals surface area contributed by atoms with E-state index in [4.69, 9.17) is 4.74 Å². The molecule has 0 atom stereocenters. The first-order valence-corrected chi connectivity index (χ1v) is 8.89. The minimum Gasteiger partial charge on any atom is -0.409 e. The lowest BCUT2D eigenvalue weighted by Gasteiger charge is -2.34. The van der Waals surface area contributed by atoms with Crippen molar-refractivity contribution in [3.05, 3.63) is 53.6 Å². The summed E-state index contributed by atoms with van der Waals surface area (Å²) in [6.45, 7) is 2.88. The van der Waals surface area contributed by atoms with Crippen molar-refractivity contribution in [1.82, 2.24) is 19.8 Å². The maximum absolute atomic E-state index is 13.1. The van der Waals surface area contributed by atoms with Gasteiger partial charge in [0, 0.05) is 56.9 Å². The number of amides is 1. The Bertz CT molecular complexity index is 896. The van der Waals surface area contributed by atoms with Gasteiger partial charge in [0.1, 0.15) is 0 Å². The topological polar surface area (TPSA) is 75.6 Å². The number of hydrogen-bond acceptors (Lipinski definition) is 6. The maximum Gasteiger partial charge on any atom is 0.416 e. The summed E-state index contributed by atoms with van der Waals surface area (Å²) >= 11 is 0. The lowest BCUT2D eigenvalue weighted by molar-refractivity contribution is -0.138. The number of rotatable bonds is 4. The molecule has 0 spiro atoms. The number of Topliss-reactive ketones (excluding diaryl/α,β-unsaturated/α-hetero) is 1. The summed E-state index contributed by atoms with van der Waals surface area (Å²) < 4.78 is 44.6. The van der Waals surface area contributed by atoms with Gasteiger partial charge in [-0.15, -0.1) is 0 Å². The summed E-state index contributed by atoms with van der Waals surface area (Å²) in [5.74, 6) is -0.0343. The summed E-state index contributed by atoms with van der Waals surface area (Å²) in [5, 5.41) is 0. The fraction of sp³-hybridized carbons (Fsp3) is 0.368. The lowest BCUT2D eigenvalue weighted by Crippen LogP contribution is -2.49. The van der Waals surface area contributed by atoms with Gasteiger partial charge in [0.2, 0.25) is 0 Å². The third-order valence-corrected chi connectivity index (χ3v) is 4.56. The molecule has 0 saturated carbocycles. The molecule has 0 aromatic carbocycles. The largest absolute Gasteiger partial charge is 0.416 e. The van der Waals surface area contributed by atoms with Crippen LogP contribution in [0.2, 0.25) is 0 Å². The third kappa shape index (κ3) is 5.29. The summed E-state index contributed by atoms with van der Waals surface area (Å²) in [6, 6.07) is 2.40. The van der Waals surface area contributed by atoms with E-state index in [2.05, 4.69) is 9.97 Å². The molecule has 0 unspecified atom stereocenters. The van der Waals surface area contributed by atoms with Gasteiger partial charge < -0.3 is 9.64 Å². The second kappa shape index (κ2) is 8.56. The van der Waals surface area contributed by atoms with E-state index in [0.717, 1.165) is 12.3 Å². The average molecular weight is 408 g/mol. The zero-order valence-electron chi connectivity index (χ0n) is 15.6. The molecule has 2 aromatic rings. The van der Waals surface area contributed by atoms with E-state index in [1.165, 1.54) is 36.5 Å². The molecule has 0 radical (unpaired) electrons. The van der Waals surface area contributed by atoms with Gasteiger partial charge in [-0.25, -0.2) is 4.79 Å². The Morgan fingerprint density at radius 2 is 1.83 bits per heavy atom. The number of nitrogens with zero attached hydrogens (tertiary/aromatic N) is 4. The highest BCUT2D eigenvalue weighted by atomic mass is 19.4. The van der Waals surface area contributed by atoms with E-state index < -0.39 is 17.8 Å². The van der Waals surface area contributed by atoms with Crippen LogP contribution in [0.15, 0.2) is 36.9 Å². The van der Waals surface area contributed by atoms with Gasteiger partial charge in [-0.05, 0) is 24.6 Å². The molecule has 1 fully saturated rings. The first-order chi connectivity index (χ1) is 13.7. The minimum atomic E-state index is -4.44. The van der Waals surface area contributed by atoms with Crippen LogP contribution in [0, 0.1) is 0 Å². The summed E-state index contributed by atoms with van der Waals surface area (Å²) in [6.07, 6.45) is 0.0268. The predicted molar refractivity (Wildman–Crippen MR) is 96.4 cm³/mol. The number of carbonyl (C=O) groups is 2. The van der Waals surface area contributed by atoms with E-state index in [-0.39, 0.29) is 23.6 Å². The molecule has 1 amide bonds. The number of halogens is 3. The molecule has 2 aromatic heterocycles. The molecule has 0 bridgehead atoms. The van der Waals surface area contributed by atoms with Crippen LogP contribution in [0.4, 0.5) is 18.0 Å². The second-order valence-corrected chi connectivity index (χ2v) is 6.63. The molecule has 1 saturated heterocycles. The molecule has 7 nitrogen and oxygen atoms in total. The van der Waals surface area contributed by atoms with Crippen LogP contribution in [-0.2, 0) is 12.7 Å². The van der Waals surface area contributed by atoms with Crippen LogP contribution < -0.4 is 4.74 Å². The summed E-state index contributed by atoms with van der Waals surface area (Å²) in [5.41, 5.74) is -0.271. The first-order valence-electron chi connectivity index (χ1n) is 8.89. The van der Waals surface area contributed by atoms with Crippen molar-refractivity contribution in [2.75, 3.05) is 26.2 Å². The quantitative estimate of drug-likeness (QED) is 0.724.